The number of fused-ring (bicyclic) bond motifs is 2. The number of halogens is 1. The van der Waals surface area contributed by atoms with E-state index in [0.717, 1.165) is 22.6 Å². The molecule has 1 aromatic heterocycles. The summed E-state index contributed by atoms with van der Waals surface area (Å²) in [6.45, 7) is 6.43. The maximum Gasteiger partial charge on any atom is 0.301 e. The van der Waals surface area contributed by atoms with Gasteiger partial charge in [-0.25, -0.2) is 9.37 Å². The number of anilines is 1. The van der Waals surface area contributed by atoms with Gasteiger partial charge in [0.15, 0.2) is 16.6 Å². The fourth-order valence-corrected chi connectivity index (χ4v) is 6.31. The first kappa shape index (κ1) is 26.8. The summed E-state index contributed by atoms with van der Waals surface area (Å²) in [5.41, 5.74) is 2.22. The zero-order valence-electron chi connectivity index (χ0n) is 22.6. The summed E-state index contributed by atoms with van der Waals surface area (Å²) in [6.07, 6.45) is 0.658. The van der Waals surface area contributed by atoms with Gasteiger partial charge < -0.3 is 19.3 Å². The number of carbonyl (C=O) groups is 2. The molecule has 2 aliphatic rings. The summed E-state index contributed by atoms with van der Waals surface area (Å²) in [5.74, 6) is -0.770. The van der Waals surface area contributed by atoms with Gasteiger partial charge in [-0.15, -0.1) is 0 Å². The van der Waals surface area contributed by atoms with E-state index in [-0.39, 0.29) is 22.6 Å². The molecular weight excluding hydrogens is 547 g/mol. The first-order chi connectivity index (χ1) is 19.8. The number of aliphatic hydroxyl groups is 1. The van der Waals surface area contributed by atoms with E-state index in [1.54, 1.807) is 36.4 Å². The Balaban J connectivity index is 1.55. The van der Waals surface area contributed by atoms with Gasteiger partial charge in [-0.1, -0.05) is 17.4 Å². The number of thiazole rings is 1. The minimum atomic E-state index is -1.03. The van der Waals surface area contributed by atoms with Crippen LogP contribution in [0.2, 0.25) is 0 Å². The van der Waals surface area contributed by atoms with Crippen LogP contribution in [0.25, 0.3) is 16.0 Å². The van der Waals surface area contributed by atoms with Crippen molar-refractivity contribution in [1.29, 1.82) is 0 Å². The molecule has 6 rings (SSSR count). The molecule has 210 valence electrons. The lowest BCUT2D eigenvalue weighted by Crippen LogP contribution is -2.29. The zero-order chi connectivity index (χ0) is 28.8. The molecule has 1 fully saturated rings. The number of aromatic nitrogens is 1. The first-order valence-corrected chi connectivity index (χ1v) is 14.2. The summed E-state index contributed by atoms with van der Waals surface area (Å²) in [7, 11) is 0. The molecule has 3 heterocycles. The lowest BCUT2D eigenvalue weighted by atomic mass is 9.94. The van der Waals surface area contributed by atoms with Gasteiger partial charge in [0.25, 0.3) is 5.78 Å². The highest BCUT2D eigenvalue weighted by Crippen LogP contribution is 2.46. The lowest BCUT2D eigenvalue weighted by molar-refractivity contribution is -0.132. The van der Waals surface area contributed by atoms with Crippen LogP contribution in [-0.2, 0) is 16.0 Å². The number of ether oxygens (including phenoxy) is 3. The molecule has 0 unspecified atom stereocenters. The van der Waals surface area contributed by atoms with Crippen molar-refractivity contribution in [2.45, 2.75) is 39.3 Å². The third-order valence-corrected chi connectivity index (χ3v) is 8.06. The second-order valence-corrected chi connectivity index (χ2v) is 10.8. The van der Waals surface area contributed by atoms with Gasteiger partial charge in [-0.3, -0.25) is 14.5 Å². The summed E-state index contributed by atoms with van der Waals surface area (Å²) in [4.78, 5) is 33.1. The third-order valence-electron chi connectivity index (χ3n) is 7.04. The van der Waals surface area contributed by atoms with Crippen LogP contribution in [-0.4, -0.2) is 41.1 Å². The Bertz CT molecular complexity index is 1730. The largest absolute Gasteiger partial charge is 0.507 e. The molecule has 4 aromatic rings. The van der Waals surface area contributed by atoms with Crippen molar-refractivity contribution in [3.63, 3.8) is 0 Å². The highest BCUT2D eigenvalue weighted by atomic mass is 32.1. The lowest BCUT2D eigenvalue weighted by Gasteiger charge is -2.24. The van der Waals surface area contributed by atoms with E-state index in [1.165, 1.54) is 23.1 Å². The Morgan fingerprint density at radius 2 is 1.85 bits per heavy atom. The van der Waals surface area contributed by atoms with E-state index in [4.69, 9.17) is 14.2 Å². The smallest absolute Gasteiger partial charge is 0.301 e. The molecule has 1 saturated heterocycles. The van der Waals surface area contributed by atoms with Crippen molar-refractivity contribution in [2.24, 2.45) is 0 Å². The van der Waals surface area contributed by atoms with Gasteiger partial charge in [0.1, 0.15) is 23.4 Å². The van der Waals surface area contributed by atoms with Gasteiger partial charge >= 0.3 is 5.91 Å². The molecule has 1 amide bonds. The molecule has 0 radical (unpaired) electrons. The Hall–Kier alpha value is -4.44. The standard InChI is InChI=1S/C31H27FN2O6S/c1-4-38-23-11-6-17(14-24(23)39-5-2)27-26(28(35)18-7-10-22-19(13-18)12-16(3)40-22)29(36)30(37)34(27)31-33-21-9-8-20(32)15-25(21)41-31/h6-11,13-16,27,35H,4-5,12H2,1-3H3/b28-26+/t16-,27-/m0/s1. The maximum atomic E-state index is 14.0. The second-order valence-electron chi connectivity index (χ2n) is 9.80. The Kier molecular flexibility index (Phi) is 6.86. The molecule has 2 atom stereocenters. The van der Waals surface area contributed by atoms with Crippen molar-refractivity contribution >= 4 is 44.1 Å². The van der Waals surface area contributed by atoms with Crippen molar-refractivity contribution in [1.82, 2.24) is 4.98 Å². The molecule has 0 saturated carbocycles. The number of aliphatic hydroxyl groups excluding tert-OH is 1. The van der Waals surface area contributed by atoms with E-state index in [9.17, 15) is 19.1 Å². The summed E-state index contributed by atoms with van der Waals surface area (Å²) >= 11 is 1.09. The van der Waals surface area contributed by atoms with E-state index in [2.05, 4.69) is 4.98 Å². The Morgan fingerprint density at radius 3 is 2.63 bits per heavy atom. The number of nitrogens with zero attached hydrogens (tertiary/aromatic N) is 2. The first-order valence-electron chi connectivity index (χ1n) is 13.4. The molecule has 2 aliphatic heterocycles. The fraction of sp³-hybridized carbons (Fsp3) is 0.258. The quantitative estimate of drug-likeness (QED) is 0.160. The average molecular weight is 575 g/mol. The van der Waals surface area contributed by atoms with Gasteiger partial charge in [-0.2, -0.15) is 0 Å². The van der Waals surface area contributed by atoms with Crippen molar-refractivity contribution in [2.75, 3.05) is 18.1 Å². The van der Waals surface area contributed by atoms with Gasteiger partial charge in [0.05, 0.1) is 35.0 Å². The highest BCUT2D eigenvalue weighted by molar-refractivity contribution is 7.22. The Morgan fingerprint density at radius 1 is 1.07 bits per heavy atom. The molecule has 8 nitrogen and oxygen atoms in total. The van der Waals surface area contributed by atoms with Crippen molar-refractivity contribution in [3.05, 3.63) is 82.7 Å². The van der Waals surface area contributed by atoms with Gasteiger partial charge in [0, 0.05) is 12.0 Å². The molecule has 3 aromatic carbocycles. The van der Waals surface area contributed by atoms with Crippen LogP contribution in [0, 0.1) is 5.82 Å². The predicted octanol–water partition coefficient (Wildman–Crippen LogP) is 6.18. The number of amides is 1. The third kappa shape index (κ3) is 4.67. The number of carbonyl (C=O) groups excluding carboxylic acids is 2. The summed E-state index contributed by atoms with van der Waals surface area (Å²) < 4.78 is 31.8. The van der Waals surface area contributed by atoms with Crippen LogP contribution in [0.3, 0.4) is 0 Å². The molecule has 10 heteroatoms. The van der Waals surface area contributed by atoms with Gasteiger partial charge in [-0.05, 0) is 80.4 Å². The number of benzene rings is 3. The topological polar surface area (TPSA) is 98.2 Å². The highest BCUT2D eigenvalue weighted by Gasteiger charge is 2.48. The maximum absolute atomic E-state index is 14.0. The molecule has 0 aliphatic carbocycles. The zero-order valence-corrected chi connectivity index (χ0v) is 23.5. The number of rotatable bonds is 7. The normalized spacial score (nSPS) is 19.5. The minimum Gasteiger partial charge on any atom is -0.507 e. The van der Waals surface area contributed by atoms with E-state index >= 15 is 0 Å². The summed E-state index contributed by atoms with van der Waals surface area (Å²) in [5, 5.41) is 11.8. The molecule has 0 bridgehead atoms. The average Bonchev–Trinajstić information content (AvgIpc) is 3.61. The number of hydrogen-bond acceptors (Lipinski definition) is 8. The number of Topliss-reactive ketones (excluding diaryl/α,β-unsaturated/α-hetero) is 1. The van der Waals surface area contributed by atoms with Crippen LogP contribution in [0.1, 0.15) is 43.5 Å². The van der Waals surface area contributed by atoms with Crippen LogP contribution >= 0.6 is 11.3 Å². The fourth-order valence-electron chi connectivity index (χ4n) is 5.30. The predicted molar refractivity (Wildman–Crippen MR) is 153 cm³/mol. The molecular formula is C31H27FN2O6S. The van der Waals surface area contributed by atoms with Gasteiger partial charge in [0.2, 0.25) is 0 Å². The molecule has 41 heavy (non-hydrogen) atoms. The minimum absolute atomic E-state index is 0.00214. The van der Waals surface area contributed by atoms with Crippen LogP contribution in [0.4, 0.5) is 9.52 Å². The van der Waals surface area contributed by atoms with Crippen LogP contribution in [0.15, 0.2) is 60.2 Å². The van der Waals surface area contributed by atoms with E-state index < -0.39 is 23.5 Å². The second kappa shape index (κ2) is 10.5. The van der Waals surface area contributed by atoms with E-state index in [1.807, 2.05) is 20.8 Å². The number of hydrogen-bond donors (Lipinski definition) is 1. The van der Waals surface area contributed by atoms with Crippen LogP contribution in [0.5, 0.6) is 17.2 Å². The summed E-state index contributed by atoms with van der Waals surface area (Å²) in [6, 6.07) is 13.5. The van der Waals surface area contributed by atoms with Crippen molar-refractivity contribution < 1.29 is 33.3 Å². The van der Waals surface area contributed by atoms with Crippen molar-refractivity contribution in [3.8, 4) is 17.2 Å². The molecule has 1 N–H and O–H groups in total. The molecule has 0 spiro atoms. The van der Waals surface area contributed by atoms with E-state index in [0.29, 0.717) is 52.5 Å². The number of ketones is 1. The SMILES string of the molecule is CCOc1ccc([C@H]2/C(=C(\O)c3ccc4c(c3)C[C@H](C)O4)C(=O)C(=O)N2c2nc3ccc(F)cc3s2)cc1OCC. The Labute approximate surface area is 239 Å². The van der Waals surface area contributed by atoms with Crippen LogP contribution < -0.4 is 19.1 Å². The monoisotopic (exact) mass is 574 g/mol.